The summed E-state index contributed by atoms with van der Waals surface area (Å²) in [7, 11) is 1.35. The maximum atomic E-state index is 11.6. The number of halogens is 3. The molecular formula is C10H19Cl3NO3P. The van der Waals surface area contributed by atoms with Gasteiger partial charge < -0.3 is 4.74 Å². The molecule has 0 amide bonds. The minimum absolute atomic E-state index is 0.247. The van der Waals surface area contributed by atoms with Crippen molar-refractivity contribution in [2.75, 3.05) is 26.1 Å². The topological polar surface area (TPSA) is 46.6 Å². The van der Waals surface area contributed by atoms with Gasteiger partial charge in [-0.05, 0) is 48.2 Å². The highest BCUT2D eigenvalue weighted by molar-refractivity contribution is 8.06. The van der Waals surface area contributed by atoms with E-state index < -0.39 is 6.00 Å². The summed E-state index contributed by atoms with van der Waals surface area (Å²) >= 11 is 16.9. The molecule has 0 unspecified atom stereocenters. The molecule has 0 spiro atoms. The van der Waals surface area contributed by atoms with Crippen molar-refractivity contribution >= 4 is 46.0 Å². The molecule has 0 aromatic heterocycles. The van der Waals surface area contributed by atoms with Gasteiger partial charge in [0, 0.05) is 25.4 Å². The largest absolute Gasteiger partial charge is 0.469 e. The summed E-state index contributed by atoms with van der Waals surface area (Å²) in [5.41, 5.74) is 0. The predicted octanol–water partition coefficient (Wildman–Crippen LogP) is 4.24. The first-order valence-electron chi connectivity index (χ1n) is 5.79. The van der Waals surface area contributed by atoms with Crippen LogP contribution in [-0.2, 0) is 14.1 Å². The number of carbonyl (C=O) groups excluding carboxylic acids is 1. The first-order chi connectivity index (χ1) is 8.41. The Morgan fingerprint density at radius 3 is 2.17 bits per heavy atom. The number of ether oxygens (including phenoxy) is 1. The second-order valence-electron chi connectivity index (χ2n) is 3.82. The molecule has 0 aliphatic carbocycles. The molecule has 8 heteroatoms. The van der Waals surface area contributed by atoms with Crippen LogP contribution in [0.15, 0.2) is 0 Å². The van der Waals surface area contributed by atoms with Gasteiger partial charge in [-0.2, -0.15) is 0 Å². The van der Waals surface area contributed by atoms with Gasteiger partial charge in [-0.15, -0.1) is 11.6 Å². The van der Waals surface area contributed by atoms with Gasteiger partial charge in [0.15, 0.2) is 0 Å². The van der Waals surface area contributed by atoms with Gasteiger partial charge in [0.05, 0.1) is 7.11 Å². The van der Waals surface area contributed by atoms with Crippen LogP contribution in [0, 0.1) is 0 Å². The van der Waals surface area contributed by atoms with Crippen LogP contribution in [0.1, 0.15) is 32.1 Å². The fraction of sp³-hybridized carbons (Fsp3) is 0.900. The minimum atomic E-state index is -3.27. The van der Waals surface area contributed by atoms with Crippen molar-refractivity contribution in [1.82, 2.24) is 4.67 Å². The van der Waals surface area contributed by atoms with E-state index in [1.54, 1.807) is 4.67 Å². The van der Waals surface area contributed by atoms with Gasteiger partial charge in [-0.25, -0.2) is 4.67 Å². The van der Waals surface area contributed by atoms with Crippen molar-refractivity contribution in [2.45, 2.75) is 32.1 Å². The Balaban J connectivity index is 3.95. The first-order valence-corrected chi connectivity index (χ1v) is 9.79. The van der Waals surface area contributed by atoms with E-state index in [-0.39, 0.29) is 5.97 Å². The summed E-state index contributed by atoms with van der Waals surface area (Å²) < 4.78 is 17.7. The van der Waals surface area contributed by atoms with Gasteiger partial charge >= 0.3 is 12.0 Å². The van der Waals surface area contributed by atoms with Crippen LogP contribution in [0.3, 0.4) is 0 Å². The van der Waals surface area contributed by atoms with Crippen molar-refractivity contribution in [3.05, 3.63) is 0 Å². The quantitative estimate of drug-likeness (QED) is 0.259. The molecule has 0 heterocycles. The van der Waals surface area contributed by atoms with E-state index in [4.69, 9.17) is 34.1 Å². The summed E-state index contributed by atoms with van der Waals surface area (Å²) in [4.78, 5) is 10.9. The molecule has 18 heavy (non-hydrogen) atoms. The third-order valence-corrected chi connectivity index (χ3v) is 5.01. The van der Waals surface area contributed by atoms with Crippen LogP contribution >= 0.6 is 40.1 Å². The predicted molar refractivity (Wildman–Crippen MR) is 76.7 cm³/mol. The second-order valence-corrected chi connectivity index (χ2v) is 8.90. The van der Waals surface area contributed by atoms with E-state index in [1.165, 1.54) is 7.11 Å². The fourth-order valence-corrected chi connectivity index (χ4v) is 3.24. The molecule has 0 saturated heterocycles. The lowest BCUT2D eigenvalue weighted by Crippen LogP contribution is -2.20. The van der Waals surface area contributed by atoms with Crippen LogP contribution < -0.4 is 0 Å². The lowest BCUT2D eigenvalue weighted by Gasteiger charge is -2.22. The number of rotatable bonds is 10. The van der Waals surface area contributed by atoms with E-state index in [0.717, 1.165) is 12.8 Å². The molecule has 0 atom stereocenters. The second kappa shape index (κ2) is 10.3. The summed E-state index contributed by atoms with van der Waals surface area (Å²) in [6.07, 6.45) is 3.32. The molecule has 0 fully saturated rings. The van der Waals surface area contributed by atoms with Gasteiger partial charge in [0.25, 0.3) is 0 Å². The van der Waals surface area contributed by atoms with Gasteiger partial charge in [-0.1, -0.05) is 0 Å². The Morgan fingerprint density at radius 1 is 1.17 bits per heavy atom. The van der Waals surface area contributed by atoms with E-state index in [9.17, 15) is 9.36 Å². The molecule has 108 valence electrons. The standard InChI is InChI=1S/C10H19Cl3NO3P/c1-17-10(15)6-2-4-8-14(18(12,13)16)9-5-3-7-11/h2-9H2,1H3. The maximum Gasteiger partial charge on any atom is 0.322 e. The number of hydrogen-bond donors (Lipinski definition) is 0. The van der Waals surface area contributed by atoms with Crippen LogP contribution in [-0.4, -0.2) is 36.7 Å². The average Bonchev–Trinajstić information content (AvgIpc) is 2.30. The number of hydrogen-bond acceptors (Lipinski definition) is 3. The molecule has 4 nitrogen and oxygen atoms in total. The molecule has 0 radical (unpaired) electrons. The molecule has 0 N–H and O–H groups in total. The Labute approximate surface area is 123 Å². The number of carbonyl (C=O) groups is 1. The van der Waals surface area contributed by atoms with Gasteiger partial charge in [-0.3, -0.25) is 9.36 Å². The molecule has 0 saturated carbocycles. The van der Waals surface area contributed by atoms with Crippen molar-refractivity contribution in [2.24, 2.45) is 0 Å². The monoisotopic (exact) mass is 337 g/mol. The summed E-state index contributed by atoms with van der Waals surface area (Å²) in [5.74, 6) is -2.95. The number of unbranched alkanes of at least 4 members (excludes halogenated alkanes) is 2. The molecule has 0 aliphatic rings. The van der Waals surface area contributed by atoms with Crippen LogP contribution in [0.2, 0.25) is 0 Å². The number of esters is 1. The van der Waals surface area contributed by atoms with E-state index >= 15 is 0 Å². The van der Waals surface area contributed by atoms with Gasteiger partial charge in [0.1, 0.15) is 0 Å². The molecule has 0 aliphatic heterocycles. The zero-order valence-corrected chi connectivity index (χ0v) is 13.6. The van der Waals surface area contributed by atoms with Crippen LogP contribution in [0.5, 0.6) is 0 Å². The number of methoxy groups -OCH3 is 1. The highest BCUT2D eigenvalue weighted by atomic mass is 35.9. The maximum absolute atomic E-state index is 11.6. The van der Waals surface area contributed by atoms with E-state index in [2.05, 4.69) is 4.74 Å². The Morgan fingerprint density at radius 2 is 1.72 bits per heavy atom. The summed E-state index contributed by atoms with van der Waals surface area (Å²) in [6.45, 7) is 1.05. The third kappa shape index (κ3) is 9.46. The van der Waals surface area contributed by atoms with Crippen molar-refractivity contribution in [1.29, 1.82) is 0 Å². The lowest BCUT2D eigenvalue weighted by atomic mass is 10.2. The molecule has 0 aromatic rings. The smallest absolute Gasteiger partial charge is 0.322 e. The fourth-order valence-electron chi connectivity index (χ4n) is 1.40. The number of nitrogens with zero attached hydrogens (tertiary/aromatic N) is 1. The van der Waals surface area contributed by atoms with Crippen LogP contribution in [0.25, 0.3) is 0 Å². The minimum Gasteiger partial charge on any atom is -0.469 e. The third-order valence-electron chi connectivity index (χ3n) is 2.40. The molecule has 0 aromatic carbocycles. The van der Waals surface area contributed by atoms with Crippen molar-refractivity contribution in [3.63, 3.8) is 0 Å². The summed E-state index contributed by atoms with van der Waals surface area (Å²) in [6, 6.07) is 0. The van der Waals surface area contributed by atoms with Crippen molar-refractivity contribution in [3.8, 4) is 0 Å². The highest BCUT2D eigenvalue weighted by Gasteiger charge is 2.24. The van der Waals surface area contributed by atoms with Crippen molar-refractivity contribution < 1.29 is 14.1 Å². The molecule has 0 bridgehead atoms. The Hall–Kier alpha value is 0.530. The first kappa shape index (κ1) is 18.5. The zero-order chi connectivity index (χ0) is 14.0. The highest BCUT2D eigenvalue weighted by Crippen LogP contribution is 2.59. The van der Waals surface area contributed by atoms with Crippen LogP contribution in [0.4, 0.5) is 0 Å². The van der Waals surface area contributed by atoms with E-state index in [0.29, 0.717) is 38.2 Å². The van der Waals surface area contributed by atoms with E-state index in [1.807, 2.05) is 0 Å². The Kier molecular flexibility index (Phi) is 10.6. The number of alkyl halides is 1. The van der Waals surface area contributed by atoms with Gasteiger partial charge in [0.2, 0.25) is 0 Å². The lowest BCUT2D eigenvalue weighted by molar-refractivity contribution is -0.140. The average molecular weight is 339 g/mol. The molecule has 0 rings (SSSR count). The SMILES string of the molecule is COC(=O)CCCCN(CCCCCl)P(=O)(Cl)Cl. The normalized spacial score (nSPS) is 11.8. The zero-order valence-electron chi connectivity index (χ0n) is 10.4. The summed E-state index contributed by atoms with van der Waals surface area (Å²) in [5, 5.41) is 0. The Bertz CT molecular complexity index is 286. The molecular weight excluding hydrogens is 319 g/mol.